The summed E-state index contributed by atoms with van der Waals surface area (Å²) >= 11 is 0. The Labute approximate surface area is 117 Å². The van der Waals surface area contributed by atoms with Gasteiger partial charge in [-0.15, -0.1) is 0 Å². The van der Waals surface area contributed by atoms with E-state index in [9.17, 15) is 9.90 Å². The van der Waals surface area contributed by atoms with E-state index in [1.807, 2.05) is 12.1 Å². The van der Waals surface area contributed by atoms with Crippen molar-refractivity contribution in [3.05, 3.63) is 30.0 Å². The molecule has 0 spiro atoms. The number of amides is 1. The van der Waals surface area contributed by atoms with Crippen LogP contribution in [0.25, 0.3) is 10.9 Å². The molecule has 106 valence electrons. The lowest BCUT2D eigenvalue weighted by Crippen LogP contribution is -2.40. The quantitative estimate of drug-likeness (QED) is 0.642. The van der Waals surface area contributed by atoms with E-state index in [-0.39, 0.29) is 5.91 Å². The molecule has 0 bridgehead atoms. The number of aromatic amines is 1. The third-order valence-electron chi connectivity index (χ3n) is 4.05. The molecule has 1 aliphatic rings. The number of nitrogens with one attached hydrogen (secondary N) is 2. The fraction of sp³-hybridized carbons (Fsp3) is 0.400. The van der Waals surface area contributed by atoms with Crippen molar-refractivity contribution < 1.29 is 9.90 Å². The molecule has 1 aromatic carbocycles. The van der Waals surface area contributed by atoms with E-state index in [1.54, 1.807) is 12.1 Å². The summed E-state index contributed by atoms with van der Waals surface area (Å²) in [6, 6.07) is 7.33. The van der Waals surface area contributed by atoms with Crippen LogP contribution in [0.4, 0.5) is 5.69 Å². The van der Waals surface area contributed by atoms with Gasteiger partial charge in [0.15, 0.2) is 0 Å². The zero-order valence-electron chi connectivity index (χ0n) is 11.3. The molecule has 0 radical (unpaired) electrons. The van der Waals surface area contributed by atoms with Gasteiger partial charge in [0.2, 0.25) is 0 Å². The zero-order chi connectivity index (χ0) is 14.2. The molecule has 1 heterocycles. The van der Waals surface area contributed by atoms with Gasteiger partial charge in [0.25, 0.3) is 5.91 Å². The van der Waals surface area contributed by atoms with Crippen LogP contribution in [-0.2, 0) is 0 Å². The van der Waals surface area contributed by atoms with Gasteiger partial charge in [0, 0.05) is 11.9 Å². The standard InChI is InChI=1S/C15H19N3O2/c16-11-5-3-4-10-8-12(18-13(10)11)14(19)17-9-15(20)6-1-2-7-15/h3-5,8,18,20H,1-2,6-7,9,16H2,(H,17,19). The average molecular weight is 273 g/mol. The fourth-order valence-electron chi connectivity index (χ4n) is 2.85. The number of anilines is 1. The highest BCUT2D eigenvalue weighted by atomic mass is 16.3. The number of rotatable bonds is 3. The van der Waals surface area contributed by atoms with Crippen LogP contribution in [-0.4, -0.2) is 28.1 Å². The molecule has 5 heteroatoms. The van der Waals surface area contributed by atoms with Crippen LogP contribution in [0.1, 0.15) is 36.2 Å². The highest BCUT2D eigenvalue weighted by Crippen LogP contribution is 2.28. The molecule has 1 fully saturated rings. The molecule has 0 aliphatic heterocycles. The first-order valence-corrected chi connectivity index (χ1v) is 6.95. The van der Waals surface area contributed by atoms with E-state index in [0.717, 1.165) is 36.6 Å². The smallest absolute Gasteiger partial charge is 0.267 e. The van der Waals surface area contributed by atoms with Crippen LogP contribution >= 0.6 is 0 Å². The van der Waals surface area contributed by atoms with E-state index in [0.29, 0.717) is 17.9 Å². The monoisotopic (exact) mass is 273 g/mol. The summed E-state index contributed by atoms with van der Waals surface area (Å²) in [7, 11) is 0. The van der Waals surface area contributed by atoms with Crippen LogP contribution in [0, 0.1) is 0 Å². The van der Waals surface area contributed by atoms with Crippen molar-refractivity contribution in [2.75, 3.05) is 12.3 Å². The van der Waals surface area contributed by atoms with Gasteiger partial charge >= 0.3 is 0 Å². The highest BCUT2D eigenvalue weighted by molar-refractivity contribution is 6.00. The molecule has 3 rings (SSSR count). The maximum Gasteiger partial charge on any atom is 0.267 e. The second-order valence-electron chi connectivity index (χ2n) is 5.61. The van der Waals surface area contributed by atoms with Crippen molar-refractivity contribution in [1.82, 2.24) is 10.3 Å². The number of carbonyl (C=O) groups is 1. The third kappa shape index (κ3) is 2.36. The number of fused-ring (bicyclic) bond motifs is 1. The number of hydrogen-bond donors (Lipinski definition) is 4. The van der Waals surface area contributed by atoms with Gasteiger partial charge in [-0.05, 0) is 25.0 Å². The molecule has 0 saturated heterocycles. The van der Waals surface area contributed by atoms with E-state index >= 15 is 0 Å². The molecule has 5 nitrogen and oxygen atoms in total. The first-order chi connectivity index (χ1) is 9.57. The molecule has 1 aliphatic carbocycles. The van der Waals surface area contributed by atoms with E-state index in [1.165, 1.54) is 0 Å². The molecule has 0 atom stereocenters. The minimum atomic E-state index is -0.735. The van der Waals surface area contributed by atoms with Crippen molar-refractivity contribution in [1.29, 1.82) is 0 Å². The Bertz CT molecular complexity index is 642. The predicted octanol–water partition coefficient (Wildman–Crippen LogP) is 1.78. The number of nitrogen functional groups attached to an aromatic ring is 1. The Kier molecular flexibility index (Phi) is 3.14. The molecule has 1 saturated carbocycles. The van der Waals surface area contributed by atoms with Crippen molar-refractivity contribution in [2.45, 2.75) is 31.3 Å². The number of benzene rings is 1. The van der Waals surface area contributed by atoms with Gasteiger partial charge in [-0.2, -0.15) is 0 Å². The molecule has 2 aromatic rings. The second kappa shape index (κ2) is 4.83. The lowest BCUT2D eigenvalue weighted by atomic mass is 10.0. The van der Waals surface area contributed by atoms with Gasteiger partial charge in [-0.3, -0.25) is 4.79 Å². The SMILES string of the molecule is Nc1cccc2cc(C(=O)NCC3(O)CCCC3)[nH]c12. The lowest BCUT2D eigenvalue weighted by Gasteiger charge is -2.22. The normalized spacial score (nSPS) is 17.4. The van der Waals surface area contributed by atoms with Crippen molar-refractivity contribution >= 4 is 22.5 Å². The van der Waals surface area contributed by atoms with Gasteiger partial charge in [0.05, 0.1) is 16.8 Å². The Hall–Kier alpha value is -2.01. The van der Waals surface area contributed by atoms with Crippen LogP contribution in [0.2, 0.25) is 0 Å². The summed E-state index contributed by atoms with van der Waals surface area (Å²) in [6.07, 6.45) is 3.56. The molecule has 1 aromatic heterocycles. The Morgan fingerprint density at radius 1 is 1.40 bits per heavy atom. The Morgan fingerprint density at radius 3 is 2.85 bits per heavy atom. The summed E-state index contributed by atoms with van der Waals surface area (Å²) in [5, 5.41) is 13.9. The Balaban J connectivity index is 1.74. The van der Waals surface area contributed by atoms with E-state index in [2.05, 4.69) is 10.3 Å². The topological polar surface area (TPSA) is 91.1 Å². The number of aliphatic hydroxyl groups is 1. The molecule has 5 N–H and O–H groups in total. The maximum absolute atomic E-state index is 12.1. The average Bonchev–Trinajstić information content (AvgIpc) is 3.04. The molecule has 20 heavy (non-hydrogen) atoms. The number of H-pyrrole nitrogens is 1. The highest BCUT2D eigenvalue weighted by Gasteiger charge is 2.31. The van der Waals surface area contributed by atoms with Crippen LogP contribution in [0.3, 0.4) is 0 Å². The molecule has 1 amide bonds. The van der Waals surface area contributed by atoms with Crippen molar-refractivity contribution in [3.8, 4) is 0 Å². The minimum absolute atomic E-state index is 0.207. The number of aromatic nitrogens is 1. The molecule has 0 unspecified atom stereocenters. The van der Waals surface area contributed by atoms with Crippen LogP contribution in [0.15, 0.2) is 24.3 Å². The van der Waals surface area contributed by atoms with Gasteiger partial charge in [-0.25, -0.2) is 0 Å². The summed E-state index contributed by atoms with van der Waals surface area (Å²) < 4.78 is 0. The largest absolute Gasteiger partial charge is 0.397 e. The minimum Gasteiger partial charge on any atom is -0.397 e. The predicted molar refractivity (Wildman–Crippen MR) is 78.5 cm³/mol. The number of hydrogen-bond acceptors (Lipinski definition) is 3. The van der Waals surface area contributed by atoms with Gasteiger partial charge in [-0.1, -0.05) is 25.0 Å². The summed E-state index contributed by atoms with van der Waals surface area (Å²) in [6.45, 7) is 0.302. The summed E-state index contributed by atoms with van der Waals surface area (Å²) in [5.74, 6) is -0.207. The van der Waals surface area contributed by atoms with E-state index < -0.39 is 5.60 Å². The fourth-order valence-corrected chi connectivity index (χ4v) is 2.85. The summed E-state index contributed by atoms with van der Waals surface area (Å²) in [4.78, 5) is 15.2. The first kappa shape index (κ1) is 13.0. The summed E-state index contributed by atoms with van der Waals surface area (Å²) in [5.41, 5.74) is 6.99. The zero-order valence-corrected chi connectivity index (χ0v) is 11.3. The number of para-hydroxylation sites is 1. The van der Waals surface area contributed by atoms with E-state index in [4.69, 9.17) is 5.73 Å². The van der Waals surface area contributed by atoms with Crippen molar-refractivity contribution in [2.24, 2.45) is 0 Å². The lowest BCUT2D eigenvalue weighted by molar-refractivity contribution is 0.0449. The second-order valence-corrected chi connectivity index (χ2v) is 5.61. The number of nitrogens with two attached hydrogens (primary N) is 1. The van der Waals surface area contributed by atoms with Gasteiger partial charge < -0.3 is 21.1 Å². The van der Waals surface area contributed by atoms with Gasteiger partial charge in [0.1, 0.15) is 5.69 Å². The number of carbonyl (C=O) groups excluding carboxylic acids is 1. The molecular weight excluding hydrogens is 254 g/mol. The van der Waals surface area contributed by atoms with Crippen molar-refractivity contribution in [3.63, 3.8) is 0 Å². The Morgan fingerprint density at radius 2 is 2.15 bits per heavy atom. The van der Waals surface area contributed by atoms with Crippen LogP contribution in [0.5, 0.6) is 0 Å². The maximum atomic E-state index is 12.1. The first-order valence-electron chi connectivity index (χ1n) is 6.95. The van der Waals surface area contributed by atoms with Crippen LogP contribution < -0.4 is 11.1 Å². The third-order valence-corrected chi connectivity index (χ3v) is 4.05. The molecular formula is C15H19N3O2.